The number of nitrogens with two attached hydrogens (primary N) is 6. The van der Waals surface area contributed by atoms with Crippen LogP contribution in [0.1, 0.15) is 149 Å². The summed E-state index contributed by atoms with van der Waals surface area (Å²) < 4.78 is 55.6. The van der Waals surface area contributed by atoms with Gasteiger partial charge in [0.1, 0.15) is 45.5 Å². The average Bonchev–Trinajstić information content (AvgIpc) is 1.64. The van der Waals surface area contributed by atoms with E-state index in [4.69, 9.17) is 72.6 Å². The molecule has 0 bridgehead atoms. The predicted octanol–water partition coefficient (Wildman–Crippen LogP) is 12.3. The number of hydrogen-bond donors (Lipinski definition) is 14. The standard InChI is InChI=1S/2C27H36N5O6P.C27H35N5O3/c1-2-3-10-23-31-24-25(32(23)17-19-8-4-9-22(26(19)33)38-39(34,35)36)20-16-18(7-5-14-37-15-6-13-28)11-12-21(20)30-27(24)29;1-2-3-10-23-31-24-25(32(23)17-19-8-4-9-22(33)26(19)38-39(34,35)36)20-16-18(7-5-14-37-15-6-13-28)11-12-21(20)30-27(24)29;1-2-3-7-24-31-25-26(32(24)17-19-16-20(33)9-11-23(19)34)21-15-18(6-4-13-35-14-5-12-28)8-10-22(21)30-27(25)29/h2*4,8-9,11-12,16,33H,2-3,5-7,10,13-15,17,28H2,1H3,(H2,29,30)(H2,34,35,36);8-11,15-16,33-34H,2-7,12-14,17,28H2,1H3,(H2,29,30). The third kappa shape index (κ3) is 22.8. The number of phenolic OH excluding ortho intramolecular Hbond substituents is 4. The Morgan fingerprint density at radius 3 is 1.15 bits per heavy atom. The van der Waals surface area contributed by atoms with Crippen molar-refractivity contribution in [1.29, 1.82) is 0 Å². The van der Waals surface area contributed by atoms with Gasteiger partial charge in [-0.05, 0) is 180 Å². The van der Waals surface area contributed by atoms with Gasteiger partial charge in [0.25, 0.3) is 0 Å². The topological polar surface area (TPSA) is 490 Å². The minimum atomic E-state index is -4.91. The summed E-state index contributed by atoms with van der Waals surface area (Å²) in [5, 5.41) is 44.4. The Kier molecular flexibility index (Phi) is 30.9. The van der Waals surface area contributed by atoms with Gasteiger partial charge in [-0.3, -0.25) is 19.6 Å². The van der Waals surface area contributed by atoms with Gasteiger partial charge in [-0.1, -0.05) is 82.5 Å². The fourth-order valence-corrected chi connectivity index (χ4v) is 14.4. The average molecular weight is 1590 g/mol. The van der Waals surface area contributed by atoms with Gasteiger partial charge in [-0.2, -0.15) is 0 Å². The summed E-state index contributed by atoms with van der Waals surface area (Å²) in [7, 11) is -9.76. The van der Waals surface area contributed by atoms with Gasteiger partial charge in [0.2, 0.25) is 0 Å². The second-order valence-corrected chi connectivity index (χ2v) is 30.2. The van der Waals surface area contributed by atoms with Crippen LogP contribution in [0.15, 0.2) is 109 Å². The molecule has 0 aliphatic rings. The van der Waals surface area contributed by atoms with Crippen molar-refractivity contribution >= 4 is 98.9 Å². The molecule has 20 N–H and O–H groups in total. The first kappa shape index (κ1) is 85.6. The quantitative estimate of drug-likeness (QED) is 0.00963. The van der Waals surface area contributed by atoms with E-state index in [2.05, 4.69) is 64.6 Å². The van der Waals surface area contributed by atoms with Crippen molar-refractivity contribution in [2.24, 2.45) is 17.2 Å². The highest BCUT2D eigenvalue weighted by Crippen LogP contribution is 2.46. The van der Waals surface area contributed by atoms with Crippen LogP contribution in [0.5, 0.6) is 34.5 Å². The number of ether oxygens (including phenoxy) is 3. The molecule has 12 rings (SSSR count). The Morgan fingerprint density at radius 2 is 0.761 bits per heavy atom. The SMILES string of the molecule is CCCCc1nc2c(N)nc3ccc(CCCOCCCN)cc3c2n1Cc1cc(O)ccc1O.CCCCc1nc2c(N)nc3ccc(CCCOCCCN)cc3c2n1Cc1cccc(O)c1OP(=O)(O)O.CCCCc1nc2c(N)nc3ccc(CCCOCCCN)cc3c2n1Cc1cccc(OP(=O)(O)O)c1O. The van der Waals surface area contributed by atoms with Gasteiger partial charge in [-0.15, -0.1) is 0 Å². The van der Waals surface area contributed by atoms with Gasteiger partial charge < -0.3 is 91.8 Å². The molecule has 0 spiro atoms. The normalized spacial score (nSPS) is 11.9. The Hall–Kier alpha value is -9.78. The molecule has 12 aromatic rings. The van der Waals surface area contributed by atoms with Crippen LogP contribution in [-0.2, 0) is 81.5 Å². The number of imidazole rings is 3. The van der Waals surface area contributed by atoms with Gasteiger partial charge in [-0.25, -0.2) is 39.0 Å². The second-order valence-electron chi connectivity index (χ2n) is 27.9. The number of benzene rings is 6. The molecule has 0 saturated heterocycles. The first-order chi connectivity index (χ1) is 54.4. The van der Waals surface area contributed by atoms with E-state index in [0.29, 0.717) is 135 Å². The number of nitrogen functional groups attached to an aromatic ring is 3. The smallest absolute Gasteiger partial charge is 0.508 e. The lowest BCUT2D eigenvalue weighted by molar-refractivity contribution is 0.131. The number of phosphoric acid groups is 2. The molecule has 6 aromatic heterocycles. The summed E-state index contributed by atoms with van der Waals surface area (Å²) in [6.45, 7) is 12.9. The number of hydrogen-bond acceptors (Lipinski definition) is 23. The summed E-state index contributed by atoms with van der Waals surface area (Å²) >= 11 is 0. The van der Waals surface area contributed by atoms with E-state index in [1.54, 1.807) is 30.3 Å². The van der Waals surface area contributed by atoms with Crippen molar-refractivity contribution in [3.05, 3.63) is 160 Å². The Balaban J connectivity index is 0.000000180. The zero-order valence-corrected chi connectivity index (χ0v) is 66.2. The largest absolute Gasteiger partial charge is 0.524 e. The summed E-state index contributed by atoms with van der Waals surface area (Å²) in [4.78, 5) is 65.8. The molecule has 0 radical (unpaired) electrons. The lowest BCUT2D eigenvalue weighted by Crippen LogP contribution is -2.08. The van der Waals surface area contributed by atoms with Gasteiger partial charge in [0, 0.05) is 91.8 Å². The monoisotopic (exact) mass is 1590 g/mol. The molecule has 0 unspecified atom stereocenters. The summed E-state index contributed by atoms with van der Waals surface area (Å²) in [6, 6.07) is 32.1. The van der Waals surface area contributed by atoms with Crippen LogP contribution in [0.4, 0.5) is 17.5 Å². The molecule has 0 amide bonds. The number of pyridine rings is 3. The molecule has 0 saturated carbocycles. The zero-order chi connectivity index (χ0) is 80.8. The Bertz CT molecular complexity index is 5300. The first-order valence-electron chi connectivity index (χ1n) is 38.6. The van der Waals surface area contributed by atoms with E-state index in [0.717, 1.165) is 175 Å². The number of nitrogens with zero attached hydrogens (tertiary/aromatic N) is 9. The minimum absolute atomic E-state index is 0.110. The van der Waals surface area contributed by atoms with Crippen molar-refractivity contribution in [2.45, 2.75) is 156 Å². The molecule has 0 fully saturated rings. The molecule has 6 aromatic carbocycles. The molecular weight excluding hydrogens is 1480 g/mol. The van der Waals surface area contributed by atoms with E-state index < -0.39 is 15.6 Å². The molecule has 0 aliphatic heterocycles. The zero-order valence-electron chi connectivity index (χ0n) is 64.4. The van der Waals surface area contributed by atoms with Crippen LogP contribution in [0.25, 0.3) is 65.8 Å². The van der Waals surface area contributed by atoms with Crippen LogP contribution >= 0.6 is 15.6 Å². The fraction of sp³-hybridized carbons (Fsp3) is 0.407. The maximum Gasteiger partial charge on any atom is 0.524 e. The summed E-state index contributed by atoms with van der Waals surface area (Å²) in [5.74, 6) is 2.43. The number of phenols is 4. The lowest BCUT2D eigenvalue weighted by atomic mass is 10.1. The van der Waals surface area contributed by atoms with Crippen LogP contribution in [0, 0.1) is 0 Å². The maximum atomic E-state index is 11.6. The predicted molar refractivity (Wildman–Crippen MR) is 441 cm³/mol. The van der Waals surface area contributed by atoms with Crippen molar-refractivity contribution < 1.29 is 72.4 Å². The number of para-hydroxylation sites is 2. The summed E-state index contributed by atoms with van der Waals surface area (Å²) in [5.41, 5.74) is 47.0. The van der Waals surface area contributed by atoms with Crippen molar-refractivity contribution in [1.82, 2.24) is 43.6 Å². The van der Waals surface area contributed by atoms with E-state index in [1.165, 1.54) is 29.8 Å². The maximum absolute atomic E-state index is 11.6. The number of aromatic hydroxyl groups is 4. The molecule has 606 valence electrons. The highest BCUT2D eigenvalue weighted by molar-refractivity contribution is 7.47. The Labute approximate surface area is 655 Å². The van der Waals surface area contributed by atoms with Crippen LogP contribution < -0.4 is 43.4 Å². The number of rotatable bonds is 40. The fourth-order valence-electron chi connectivity index (χ4n) is 13.6. The molecule has 30 nitrogen and oxygen atoms in total. The van der Waals surface area contributed by atoms with E-state index in [1.807, 2.05) is 39.5 Å². The van der Waals surface area contributed by atoms with Crippen LogP contribution in [0.3, 0.4) is 0 Å². The molecule has 32 heteroatoms. The molecule has 113 heavy (non-hydrogen) atoms. The third-order valence-electron chi connectivity index (χ3n) is 19.2. The number of phosphoric ester groups is 2. The van der Waals surface area contributed by atoms with Crippen LogP contribution in [-0.4, -0.2) is 143 Å². The lowest BCUT2D eigenvalue weighted by Gasteiger charge is -2.16. The van der Waals surface area contributed by atoms with Crippen molar-refractivity contribution in [2.75, 3.05) is 76.5 Å². The van der Waals surface area contributed by atoms with Gasteiger partial charge >= 0.3 is 15.6 Å². The van der Waals surface area contributed by atoms with E-state index in [-0.39, 0.29) is 47.6 Å². The van der Waals surface area contributed by atoms with Gasteiger partial charge in [0.05, 0.1) is 52.7 Å². The Morgan fingerprint density at radius 1 is 0.389 bits per heavy atom. The number of anilines is 3. The van der Waals surface area contributed by atoms with Crippen molar-refractivity contribution in [3.8, 4) is 34.5 Å². The number of fused-ring (bicyclic) bond motifs is 9. The van der Waals surface area contributed by atoms with E-state index >= 15 is 0 Å². The van der Waals surface area contributed by atoms with E-state index in [9.17, 15) is 49.1 Å². The molecule has 0 aliphatic carbocycles. The highest BCUT2D eigenvalue weighted by Gasteiger charge is 2.27. The summed E-state index contributed by atoms with van der Waals surface area (Å²) in [6.07, 6.45) is 15.6. The highest BCUT2D eigenvalue weighted by atomic mass is 31.2. The molecular formula is C81H107N15O15P2. The second kappa shape index (κ2) is 40.8. The molecule has 6 heterocycles. The van der Waals surface area contributed by atoms with Gasteiger partial charge in [0.15, 0.2) is 40.5 Å². The number of aryl methyl sites for hydroxylation is 6. The minimum Gasteiger partial charge on any atom is -0.508 e. The molecule has 0 atom stereocenters. The third-order valence-corrected chi connectivity index (χ3v) is 20.0. The van der Waals surface area contributed by atoms with Crippen LogP contribution in [0.2, 0.25) is 0 Å². The number of unbranched alkanes of at least 4 members (excludes halogenated alkanes) is 3. The van der Waals surface area contributed by atoms with Crippen molar-refractivity contribution in [3.63, 3.8) is 0 Å². The first-order valence-corrected chi connectivity index (χ1v) is 41.7. The number of aromatic nitrogens is 9.